The maximum absolute atomic E-state index is 12.0. The van der Waals surface area contributed by atoms with Crippen molar-refractivity contribution >= 4 is 6.09 Å². The molecule has 0 fully saturated rings. The molecule has 6 heteroatoms. The number of nitrogens with one attached hydrogen (secondary N) is 2. The molecule has 1 aliphatic rings. The number of imidazole rings is 1. The van der Waals surface area contributed by atoms with Gasteiger partial charge in [0.05, 0.1) is 30.1 Å². The van der Waals surface area contributed by atoms with Gasteiger partial charge in [0, 0.05) is 0 Å². The van der Waals surface area contributed by atoms with Gasteiger partial charge in [-0.3, -0.25) is 0 Å². The minimum Gasteiger partial charge on any atom is -0.444 e. The molecular formula is C15H25N3O3. The molecule has 2 atom stereocenters. The lowest BCUT2D eigenvalue weighted by Crippen LogP contribution is -2.37. The van der Waals surface area contributed by atoms with Crippen molar-refractivity contribution in [2.75, 3.05) is 0 Å². The lowest BCUT2D eigenvalue weighted by Gasteiger charge is -2.24. The molecule has 1 aromatic heterocycles. The van der Waals surface area contributed by atoms with Gasteiger partial charge in [0.2, 0.25) is 0 Å². The summed E-state index contributed by atoms with van der Waals surface area (Å²) < 4.78 is 10.8. The number of aromatic amines is 1. The predicted octanol–water partition coefficient (Wildman–Crippen LogP) is 3.22. The van der Waals surface area contributed by atoms with Gasteiger partial charge < -0.3 is 19.8 Å². The van der Waals surface area contributed by atoms with E-state index in [4.69, 9.17) is 9.47 Å². The quantitative estimate of drug-likeness (QED) is 0.897. The summed E-state index contributed by atoms with van der Waals surface area (Å²) in [5.41, 5.74) is 1.41. The van der Waals surface area contributed by atoms with Crippen LogP contribution in [-0.2, 0) is 16.1 Å². The molecule has 0 aliphatic carbocycles. The molecule has 1 unspecified atom stereocenters. The number of fused-ring (bicyclic) bond motifs is 1. The SMILES string of the molecule is CC1OCc2[nH]c([C@@H](NC(=O)OC(C)(C)C)C(C)C)nc21. The van der Waals surface area contributed by atoms with Crippen molar-refractivity contribution < 1.29 is 14.3 Å². The van der Waals surface area contributed by atoms with E-state index in [1.807, 2.05) is 41.5 Å². The molecule has 1 aliphatic heterocycles. The van der Waals surface area contributed by atoms with Gasteiger partial charge in [-0.15, -0.1) is 0 Å². The van der Waals surface area contributed by atoms with Gasteiger partial charge in [-0.25, -0.2) is 9.78 Å². The van der Waals surface area contributed by atoms with Crippen LogP contribution in [0.2, 0.25) is 0 Å². The number of nitrogens with zero attached hydrogens (tertiary/aromatic N) is 1. The highest BCUT2D eigenvalue weighted by Gasteiger charge is 2.29. The van der Waals surface area contributed by atoms with Gasteiger partial charge >= 0.3 is 6.09 Å². The number of H-pyrrole nitrogens is 1. The first kappa shape index (κ1) is 15.8. The highest BCUT2D eigenvalue weighted by atomic mass is 16.6. The molecule has 6 nitrogen and oxygen atoms in total. The number of hydrogen-bond donors (Lipinski definition) is 2. The summed E-state index contributed by atoms with van der Waals surface area (Å²) in [4.78, 5) is 19.8. The van der Waals surface area contributed by atoms with E-state index in [2.05, 4.69) is 15.3 Å². The predicted molar refractivity (Wildman–Crippen MR) is 78.7 cm³/mol. The molecule has 0 aromatic carbocycles. The van der Waals surface area contributed by atoms with Crippen LogP contribution in [0.3, 0.4) is 0 Å². The second-order valence-corrected chi connectivity index (χ2v) is 6.81. The largest absolute Gasteiger partial charge is 0.444 e. The molecule has 2 N–H and O–H groups in total. The number of carbonyl (C=O) groups excluding carboxylic acids is 1. The fourth-order valence-corrected chi connectivity index (χ4v) is 2.31. The Morgan fingerprint density at radius 1 is 1.48 bits per heavy atom. The minimum absolute atomic E-state index is 0.000612. The van der Waals surface area contributed by atoms with Crippen molar-refractivity contribution in [1.82, 2.24) is 15.3 Å². The second kappa shape index (κ2) is 5.67. The van der Waals surface area contributed by atoms with Crippen LogP contribution >= 0.6 is 0 Å². The average molecular weight is 295 g/mol. The highest BCUT2D eigenvalue weighted by molar-refractivity contribution is 5.68. The molecule has 0 saturated heterocycles. The van der Waals surface area contributed by atoms with Crippen LogP contribution in [0.25, 0.3) is 0 Å². The molecule has 1 amide bonds. The lowest BCUT2D eigenvalue weighted by molar-refractivity contribution is 0.0485. The summed E-state index contributed by atoms with van der Waals surface area (Å²) in [5, 5.41) is 2.90. The highest BCUT2D eigenvalue weighted by Crippen LogP contribution is 2.30. The zero-order chi connectivity index (χ0) is 15.8. The van der Waals surface area contributed by atoms with Crippen molar-refractivity contribution in [2.24, 2.45) is 5.92 Å². The Balaban J connectivity index is 2.13. The number of hydrogen-bond acceptors (Lipinski definition) is 4. The summed E-state index contributed by atoms with van der Waals surface area (Å²) in [6, 6.07) is -0.211. The topological polar surface area (TPSA) is 76.2 Å². The monoisotopic (exact) mass is 295 g/mol. The summed E-state index contributed by atoms with van der Waals surface area (Å²) in [5.74, 6) is 0.955. The standard InChI is InChI=1S/C15H25N3O3/c1-8(2)11(18-14(19)21-15(4,5)6)13-16-10-7-20-9(3)12(10)17-13/h8-9,11H,7H2,1-6H3,(H,16,17)(H,18,19)/t9?,11-/m0/s1. The molecule has 1 aromatic rings. The minimum atomic E-state index is -0.515. The molecule has 21 heavy (non-hydrogen) atoms. The maximum atomic E-state index is 12.0. The average Bonchev–Trinajstić information content (AvgIpc) is 2.86. The van der Waals surface area contributed by atoms with E-state index in [1.54, 1.807) is 0 Å². The van der Waals surface area contributed by atoms with Crippen molar-refractivity contribution in [3.05, 3.63) is 17.2 Å². The first-order valence-corrected chi connectivity index (χ1v) is 7.37. The number of alkyl carbamates (subject to hydrolysis) is 1. The first-order chi connectivity index (χ1) is 9.67. The van der Waals surface area contributed by atoms with E-state index in [1.165, 1.54) is 0 Å². The number of aromatic nitrogens is 2. The Bertz CT molecular complexity index is 517. The van der Waals surface area contributed by atoms with Gasteiger partial charge in [-0.2, -0.15) is 0 Å². The molecule has 2 rings (SSSR count). The smallest absolute Gasteiger partial charge is 0.408 e. The molecule has 0 bridgehead atoms. The number of rotatable bonds is 3. The Hall–Kier alpha value is -1.56. The lowest BCUT2D eigenvalue weighted by atomic mass is 10.0. The summed E-state index contributed by atoms with van der Waals surface area (Å²) in [7, 11) is 0. The van der Waals surface area contributed by atoms with E-state index in [0.29, 0.717) is 6.61 Å². The van der Waals surface area contributed by atoms with Gasteiger partial charge in [0.1, 0.15) is 11.4 Å². The summed E-state index contributed by atoms with van der Waals surface area (Å²) in [6.45, 7) is 12.1. The van der Waals surface area contributed by atoms with Gasteiger partial charge in [0.15, 0.2) is 0 Å². The van der Waals surface area contributed by atoms with Crippen molar-refractivity contribution in [3.63, 3.8) is 0 Å². The van der Waals surface area contributed by atoms with Crippen LogP contribution in [0.15, 0.2) is 0 Å². The van der Waals surface area contributed by atoms with Crippen LogP contribution in [0.1, 0.15) is 70.9 Å². The van der Waals surface area contributed by atoms with Crippen LogP contribution < -0.4 is 5.32 Å². The van der Waals surface area contributed by atoms with Gasteiger partial charge in [-0.1, -0.05) is 13.8 Å². The molecule has 0 spiro atoms. The van der Waals surface area contributed by atoms with Gasteiger partial charge in [0.25, 0.3) is 0 Å². The summed E-state index contributed by atoms with van der Waals surface area (Å²) in [6.07, 6.45) is -0.429. The van der Waals surface area contributed by atoms with Crippen LogP contribution in [0.4, 0.5) is 4.79 Å². The van der Waals surface area contributed by atoms with Gasteiger partial charge in [-0.05, 0) is 33.6 Å². The van der Waals surface area contributed by atoms with E-state index in [-0.39, 0.29) is 18.1 Å². The van der Waals surface area contributed by atoms with Crippen molar-refractivity contribution in [2.45, 2.75) is 65.9 Å². The Labute approximate surface area is 125 Å². The Morgan fingerprint density at radius 3 is 2.67 bits per heavy atom. The van der Waals surface area contributed by atoms with E-state index in [0.717, 1.165) is 17.2 Å². The zero-order valence-corrected chi connectivity index (χ0v) is 13.6. The third-order valence-corrected chi connectivity index (χ3v) is 3.33. The molecular weight excluding hydrogens is 270 g/mol. The number of amides is 1. The summed E-state index contributed by atoms with van der Waals surface area (Å²) >= 11 is 0. The van der Waals surface area contributed by atoms with Crippen molar-refractivity contribution in [3.8, 4) is 0 Å². The second-order valence-electron chi connectivity index (χ2n) is 6.81. The molecule has 0 saturated carbocycles. The Kier molecular flexibility index (Phi) is 4.27. The third kappa shape index (κ3) is 3.75. The maximum Gasteiger partial charge on any atom is 0.408 e. The zero-order valence-electron chi connectivity index (χ0n) is 13.6. The van der Waals surface area contributed by atoms with Crippen LogP contribution in [0, 0.1) is 5.92 Å². The normalized spacial score (nSPS) is 19.5. The van der Waals surface area contributed by atoms with Crippen molar-refractivity contribution in [1.29, 1.82) is 0 Å². The van der Waals surface area contributed by atoms with Crippen LogP contribution in [0.5, 0.6) is 0 Å². The van der Waals surface area contributed by atoms with Crippen LogP contribution in [-0.4, -0.2) is 21.7 Å². The van der Waals surface area contributed by atoms with E-state index in [9.17, 15) is 4.79 Å². The molecule has 0 radical (unpaired) electrons. The number of ether oxygens (including phenoxy) is 2. The molecule has 2 heterocycles. The fraction of sp³-hybridized carbons (Fsp3) is 0.733. The first-order valence-electron chi connectivity index (χ1n) is 7.37. The van der Waals surface area contributed by atoms with E-state index < -0.39 is 11.7 Å². The number of carbonyl (C=O) groups is 1. The Morgan fingerprint density at radius 2 is 2.14 bits per heavy atom. The molecule has 118 valence electrons. The third-order valence-electron chi connectivity index (χ3n) is 3.33. The van der Waals surface area contributed by atoms with E-state index >= 15 is 0 Å². The fourth-order valence-electron chi connectivity index (χ4n) is 2.31.